The van der Waals surface area contributed by atoms with Crippen LogP contribution in [-0.4, -0.2) is 18.2 Å². The first-order valence-electron chi connectivity index (χ1n) is 9.46. The van der Waals surface area contributed by atoms with Crippen LogP contribution < -0.4 is 9.64 Å². The minimum absolute atomic E-state index is 0.170. The van der Waals surface area contributed by atoms with Gasteiger partial charge in [-0.1, -0.05) is 48.2 Å². The summed E-state index contributed by atoms with van der Waals surface area (Å²) in [5.41, 5.74) is 2.35. The molecule has 4 nitrogen and oxygen atoms in total. The predicted octanol–water partition coefficient (Wildman–Crippen LogP) is 5.65. The molecule has 0 radical (unpaired) electrons. The second-order valence-electron chi connectivity index (χ2n) is 6.71. The molecule has 0 N–H and O–H groups in total. The van der Waals surface area contributed by atoms with E-state index in [0.29, 0.717) is 16.6 Å². The number of nitrogens with zero attached hydrogens (tertiary/aromatic N) is 2. The predicted molar refractivity (Wildman–Crippen MR) is 120 cm³/mol. The molecule has 4 rings (SSSR count). The molecule has 0 saturated carbocycles. The summed E-state index contributed by atoms with van der Waals surface area (Å²) in [4.78, 5) is 19.1. The quantitative estimate of drug-likeness (QED) is 0.486. The number of amidine groups is 1. The van der Waals surface area contributed by atoms with E-state index in [-0.39, 0.29) is 17.4 Å². The van der Waals surface area contributed by atoms with Crippen molar-refractivity contribution in [2.45, 2.75) is 5.75 Å². The van der Waals surface area contributed by atoms with E-state index in [2.05, 4.69) is 4.99 Å². The molecule has 0 aliphatic carbocycles. The van der Waals surface area contributed by atoms with Crippen LogP contribution in [0.3, 0.4) is 0 Å². The van der Waals surface area contributed by atoms with E-state index in [9.17, 15) is 13.6 Å². The molecule has 0 saturated heterocycles. The first-order valence-corrected chi connectivity index (χ1v) is 10.4. The number of hydrogen-bond acceptors (Lipinski definition) is 4. The van der Waals surface area contributed by atoms with Gasteiger partial charge >= 0.3 is 0 Å². The Hall–Kier alpha value is -3.45. The minimum Gasteiger partial charge on any atom is -0.494 e. The molecule has 31 heavy (non-hydrogen) atoms. The molecule has 3 aromatic carbocycles. The largest absolute Gasteiger partial charge is 0.494 e. The van der Waals surface area contributed by atoms with Crippen LogP contribution in [0, 0.1) is 11.6 Å². The van der Waals surface area contributed by atoms with Crippen LogP contribution in [0.1, 0.15) is 11.1 Å². The van der Waals surface area contributed by atoms with Gasteiger partial charge < -0.3 is 4.74 Å². The molecule has 0 aromatic heterocycles. The van der Waals surface area contributed by atoms with Crippen LogP contribution in [-0.2, 0) is 10.5 Å². The number of methoxy groups -OCH3 is 1. The second kappa shape index (κ2) is 9.14. The number of carbonyl (C=O) groups is 1. The lowest BCUT2D eigenvalue weighted by Gasteiger charge is -2.18. The average molecular weight is 436 g/mol. The molecule has 1 amide bonds. The number of benzene rings is 3. The lowest BCUT2D eigenvalue weighted by atomic mass is 10.2. The highest BCUT2D eigenvalue weighted by atomic mass is 32.2. The third-order valence-corrected chi connectivity index (χ3v) is 5.61. The van der Waals surface area contributed by atoms with Crippen molar-refractivity contribution in [3.8, 4) is 5.75 Å². The lowest BCUT2D eigenvalue weighted by Crippen LogP contribution is -2.30. The van der Waals surface area contributed by atoms with Gasteiger partial charge in [-0.3, -0.25) is 9.69 Å². The Morgan fingerprint density at radius 2 is 1.77 bits per heavy atom. The van der Waals surface area contributed by atoms with Gasteiger partial charge in [-0.05, 0) is 53.6 Å². The van der Waals surface area contributed by atoms with E-state index >= 15 is 0 Å². The fraction of sp³-hybridized carbons (Fsp3) is 0.0833. The number of carbonyl (C=O) groups excluding carboxylic acids is 1. The molecule has 7 heteroatoms. The maximum Gasteiger partial charge on any atom is 0.283 e. The fourth-order valence-corrected chi connectivity index (χ4v) is 4.02. The summed E-state index contributed by atoms with van der Waals surface area (Å²) in [5, 5.41) is 0.440. The number of anilines is 1. The molecule has 0 spiro atoms. The zero-order valence-electron chi connectivity index (χ0n) is 16.6. The van der Waals surface area contributed by atoms with Gasteiger partial charge in [0, 0.05) is 5.75 Å². The summed E-state index contributed by atoms with van der Waals surface area (Å²) < 4.78 is 32.4. The van der Waals surface area contributed by atoms with Gasteiger partial charge in [-0.25, -0.2) is 13.8 Å². The average Bonchev–Trinajstić information content (AvgIpc) is 3.09. The van der Waals surface area contributed by atoms with Crippen molar-refractivity contribution < 1.29 is 18.3 Å². The Kier molecular flexibility index (Phi) is 6.13. The Bertz CT molecular complexity index is 1160. The number of aliphatic imine (C=N–C) groups is 1. The van der Waals surface area contributed by atoms with Crippen LogP contribution in [0.25, 0.3) is 6.08 Å². The highest BCUT2D eigenvalue weighted by Crippen LogP contribution is 2.31. The smallest absolute Gasteiger partial charge is 0.283 e. The van der Waals surface area contributed by atoms with Crippen molar-refractivity contribution in [2.24, 2.45) is 4.99 Å². The third-order valence-electron chi connectivity index (χ3n) is 4.60. The van der Waals surface area contributed by atoms with Crippen LogP contribution in [0.15, 0.2) is 83.5 Å². The van der Waals surface area contributed by atoms with Gasteiger partial charge in [-0.15, -0.1) is 0 Å². The Morgan fingerprint density at radius 1 is 1.03 bits per heavy atom. The van der Waals surface area contributed by atoms with Gasteiger partial charge in [-0.2, -0.15) is 0 Å². The van der Waals surface area contributed by atoms with Crippen LogP contribution in [0.2, 0.25) is 0 Å². The van der Waals surface area contributed by atoms with Crippen molar-refractivity contribution in [1.29, 1.82) is 0 Å². The van der Waals surface area contributed by atoms with E-state index in [1.165, 1.54) is 54.1 Å². The highest BCUT2D eigenvalue weighted by molar-refractivity contribution is 8.13. The van der Waals surface area contributed by atoms with Gasteiger partial charge in [0.15, 0.2) is 16.7 Å². The minimum atomic E-state index is -0.454. The summed E-state index contributed by atoms with van der Waals surface area (Å²) in [6, 6.07) is 19.8. The van der Waals surface area contributed by atoms with Crippen molar-refractivity contribution in [2.75, 3.05) is 12.0 Å². The number of amides is 1. The number of thioether (sulfide) groups is 1. The van der Waals surface area contributed by atoms with Gasteiger partial charge in [0.05, 0.1) is 12.8 Å². The van der Waals surface area contributed by atoms with Gasteiger partial charge in [0.1, 0.15) is 11.5 Å². The van der Waals surface area contributed by atoms with Crippen molar-refractivity contribution >= 4 is 34.6 Å². The van der Waals surface area contributed by atoms with Gasteiger partial charge in [0.25, 0.3) is 5.91 Å². The molecular formula is C24H18F2N2O2S. The fourth-order valence-electron chi connectivity index (χ4n) is 3.07. The zero-order chi connectivity index (χ0) is 21.8. The summed E-state index contributed by atoms with van der Waals surface area (Å²) in [6.45, 7) is 0. The van der Waals surface area contributed by atoms with Gasteiger partial charge in [0.2, 0.25) is 0 Å². The maximum absolute atomic E-state index is 14.0. The Morgan fingerprint density at radius 3 is 2.45 bits per heavy atom. The topological polar surface area (TPSA) is 41.9 Å². The van der Waals surface area contributed by atoms with Crippen molar-refractivity contribution in [3.63, 3.8) is 0 Å². The van der Waals surface area contributed by atoms with Crippen LogP contribution in [0.4, 0.5) is 14.5 Å². The molecule has 0 unspecified atom stereocenters. The number of ether oxygens (including phenoxy) is 1. The SMILES string of the molecule is COc1ccc(CSC2=N/C(=C\c3ccccc3)C(=O)N2c2ccc(F)cc2)cc1F. The molecule has 3 aromatic rings. The van der Waals surface area contributed by atoms with Crippen molar-refractivity contribution in [1.82, 2.24) is 0 Å². The number of halogens is 2. The molecule has 1 aliphatic heterocycles. The lowest BCUT2D eigenvalue weighted by molar-refractivity contribution is -0.113. The Labute approximate surface area is 182 Å². The van der Waals surface area contributed by atoms with Crippen LogP contribution in [0.5, 0.6) is 5.75 Å². The summed E-state index contributed by atoms with van der Waals surface area (Å²) in [5.74, 6) is -0.592. The first kappa shape index (κ1) is 20.8. The van der Waals surface area contributed by atoms with Crippen molar-refractivity contribution in [3.05, 3.63) is 101 Å². The molecule has 0 atom stereocenters. The summed E-state index contributed by atoms with van der Waals surface area (Å²) in [6.07, 6.45) is 1.71. The Balaban J connectivity index is 1.64. The molecular weight excluding hydrogens is 418 g/mol. The molecule has 1 heterocycles. The normalized spacial score (nSPS) is 14.8. The molecule has 1 aliphatic rings. The summed E-state index contributed by atoms with van der Waals surface area (Å²) in [7, 11) is 1.41. The first-order chi connectivity index (χ1) is 15.0. The molecule has 156 valence electrons. The summed E-state index contributed by atoms with van der Waals surface area (Å²) >= 11 is 1.30. The standard InChI is InChI=1S/C24H18F2N2O2S/c1-30-22-12-7-17(13-20(22)26)15-31-24-27-21(14-16-5-3-2-4-6-16)23(29)28(24)19-10-8-18(25)9-11-19/h2-14H,15H2,1H3/b21-14-. The highest BCUT2D eigenvalue weighted by Gasteiger charge is 2.32. The second-order valence-corrected chi connectivity index (χ2v) is 7.65. The van der Waals surface area contributed by atoms with E-state index in [1.807, 2.05) is 30.3 Å². The number of hydrogen-bond donors (Lipinski definition) is 0. The zero-order valence-corrected chi connectivity index (χ0v) is 17.4. The maximum atomic E-state index is 14.0. The molecule has 0 bridgehead atoms. The number of rotatable bonds is 5. The monoisotopic (exact) mass is 436 g/mol. The van der Waals surface area contributed by atoms with E-state index < -0.39 is 11.6 Å². The van der Waals surface area contributed by atoms with E-state index in [0.717, 1.165) is 11.1 Å². The third kappa shape index (κ3) is 4.67. The molecule has 0 fully saturated rings. The van der Waals surface area contributed by atoms with E-state index in [1.54, 1.807) is 18.2 Å². The van der Waals surface area contributed by atoms with Crippen LogP contribution >= 0.6 is 11.8 Å². The van der Waals surface area contributed by atoms with E-state index in [4.69, 9.17) is 4.74 Å².